The lowest BCUT2D eigenvalue weighted by Gasteiger charge is -2.47. The fourth-order valence-corrected chi connectivity index (χ4v) is 4.05. The van der Waals surface area contributed by atoms with Gasteiger partial charge in [0.25, 0.3) is 0 Å². The fourth-order valence-electron chi connectivity index (χ4n) is 4.05. The predicted molar refractivity (Wildman–Crippen MR) is 89.4 cm³/mol. The minimum atomic E-state index is 0.560. The summed E-state index contributed by atoms with van der Waals surface area (Å²) in [5, 5.41) is 3.79. The summed E-state index contributed by atoms with van der Waals surface area (Å²) >= 11 is 0. The van der Waals surface area contributed by atoms with E-state index in [0.717, 1.165) is 12.6 Å². The van der Waals surface area contributed by atoms with Crippen LogP contribution in [0.5, 0.6) is 0 Å². The molecule has 0 amide bonds. The fraction of sp³-hybridized carbons (Fsp3) is 0.684. The Balaban J connectivity index is 1.80. The maximum atomic E-state index is 3.79. The Kier molecular flexibility index (Phi) is 4.97. The second-order valence-electron chi connectivity index (χ2n) is 7.17. The molecule has 1 aromatic carbocycles. The molecular weight excluding hydrogens is 256 g/mol. The van der Waals surface area contributed by atoms with Crippen molar-refractivity contribution in [1.82, 2.24) is 10.2 Å². The molecule has 2 atom stereocenters. The van der Waals surface area contributed by atoms with E-state index in [2.05, 4.69) is 54.4 Å². The van der Waals surface area contributed by atoms with Gasteiger partial charge in [0, 0.05) is 31.2 Å². The Morgan fingerprint density at radius 2 is 1.76 bits per heavy atom. The van der Waals surface area contributed by atoms with Crippen molar-refractivity contribution in [2.24, 2.45) is 5.92 Å². The second-order valence-corrected chi connectivity index (χ2v) is 7.17. The van der Waals surface area contributed by atoms with E-state index in [1.54, 1.807) is 0 Å². The molecule has 3 rings (SSSR count). The minimum absolute atomic E-state index is 0.560. The number of piperazine rings is 1. The average Bonchev–Trinajstić information content (AvgIpc) is 2.56. The standard InChI is InChI=1S/C19H30N2/c1-15(2)18-14-21(17-11-7-4-8-12-17)19(13-20-18)16-9-5-3-6-10-16/h3,5-6,9-10,15,17-20H,4,7-8,11-14H2,1-2H3. The maximum absolute atomic E-state index is 3.79. The van der Waals surface area contributed by atoms with Crippen molar-refractivity contribution < 1.29 is 0 Å². The van der Waals surface area contributed by atoms with E-state index < -0.39 is 0 Å². The molecule has 1 aliphatic carbocycles. The summed E-state index contributed by atoms with van der Waals surface area (Å²) in [5.41, 5.74) is 1.48. The number of hydrogen-bond donors (Lipinski definition) is 1. The highest BCUT2D eigenvalue weighted by molar-refractivity contribution is 5.20. The molecule has 2 unspecified atom stereocenters. The van der Waals surface area contributed by atoms with Gasteiger partial charge in [0.05, 0.1) is 0 Å². The van der Waals surface area contributed by atoms with Gasteiger partial charge in [-0.2, -0.15) is 0 Å². The molecule has 2 nitrogen and oxygen atoms in total. The summed E-state index contributed by atoms with van der Waals surface area (Å²) < 4.78 is 0. The summed E-state index contributed by atoms with van der Waals surface area (Å²) in [4.78, 5) is 2.83. The van der Waals surface area contributed by atoms with Crippen LogP contribution >= 0.6 is 0 Å². The molecule has 116 valence electrons. The molecule has 1 aromatic rings. The highest BCUT2D eigenvalue weighted by atomic mass is 15.3. The molecule has 0 bridgehead atoms. The van der Waals surface area contributed by atoms with E-state index >= 15 is 0 Å². The lowest BCUT2D eigenvalue weighted by molar-refractivity contribution is 0.0509. The van der Waals surface area contributed by atoms with Crippen LogP contribution in [0.1, 0.15) is 57.6 Å². The van der Waals surface area contributed by atoms with E-state index in [-0.39, 0.29) is 0 Å². The van der Waals surface area contributed by atoms with Crippen LogP contribution in [0, 0.1) is 5.92 Å². The van der Waals surface area contributed by atoms with Crippen molar-refractivity contribution in [2.45, 2.75) is 64.1 Å². The highest BCUT2D eigenvalue weighted by Gasteiger charge is 2.34. The van der Waals surface area contributed by atoms with E-state index in [9.17, 15) is 0 Å². The lowest BCUT2D eigenvalue weighted by Crippen LogP contribution is -2.57. The molecular formula is C19H30N2. The molecule has 1 saturated heterocycles. The van der Waals surface area contributed by atoms with Gasteiger partial charge in [-0.1, -0.05) is 63.4 Å². The third-order valence-corrected chi connectivity index (χ3v) is 5.41. The summed E-state index contributed by atoms with van der Waals surface area (Å²) in [7, 11) is 0. The minimum Gasteiger partial charge on any atom is -0.311 e. The molecule has 21 heavy (non-hydrogen) atoms. The first-order valence-electron chi connectivity index (χ1n) is 8.80. The number of hydrogen-bond acceptors (Lipinski definition) is 2. The zero-order valence-corrected chi connectivity index (χ0v) is 13.6. The van der Waals surface area contributed by atoms with Crippen LogP contribution in [-0.2, 0) is 0 Å². The second kappa shape index (κ2) is 6.93. The Morgan fingerprint density at radius 3 is 2.43 bits per heavy atom. The summed E-state index contributed by atoms with van der Waals surface area (Å²) in [5.74, 6) is 0.716. The normalized spacial score (nSPS) is 28.9. The topological polar surface area (TPSA) is 15.3 Å². The van der Waals surface area contributed by atoms with E-state index in [1.807, 2.05) is 0 Å². The van der Waals surface area contributed by atoms with Crippen LogP contribution in [0.3, 0.4) is 0 Å². The number of benzene rings is 1. The third kappa shape index (κ3) is 3.49. The Morgan fingerprint density at radius 1 is 1.05 bits per heavy atom. The van der Waals surface area contributed by atoms with Crippen LogP contribution in [-0.4, -0.2) is 30.1 Å². The van der Waals surface area contributed by atoms with Gasteiger partial charge in [-0.15, -0.1) is 0 Å². The summed E-state index contributed by atoms with van der Waals surface area (Å²) in [6.45, 7) is 7.00. The zero-order chi connectivity index (χ0) is 14.7. The molecule has 2 fully saturated rings. The molecule has 2 heteroatoms. The molecule has 0 aromatic heterocycles. The first kappa shape index (κ1) is 15.1. The van der Waals surface area contributed by atoms with Crippen molar-refractivity contribution in [3.05, 3.63) is 35.9 Å². The van der Waals surface area contributed by atoms with Crippen LogP contribution < -0.4 is 5.32 Å². The van der Waals surface area contributed by atoms with Crippen molar-refractivity contribution >= 4 is 0 Å². The van der Waals surface area contributed by atoms with Crippen molar-refractivity contribution in [1.29, 1.82) is 0 Å². The molecule has 1 N–H and O–H groups in total. The largest absolute Gasteiger partial charge is 0.311 e. The zero-order valence-electron chi connectivity index (χ0n) is 13.6. The molecule has 1 saturated carbocycles. The van der Waals surface area contributed by atoms with E-state index in [0.29, 0.717) is 18.0 Å². The Hall–Kier alpha value is -0.860. The van der Waals surface area contributed by atoms with Gasteiger partial charge in [0.2, 0.25) is 0 Å². The number of nitrogens with zero attached hydrogens (tertiary/aromatic N) is 1. The molecule has 0 radical (unpaired) electrons. The third-order valence-electron chi connectivity index (χ3n) is 5.41. The lowest BCUT2D eigenvalue weighted by atomic mass is 9.88. The van der Waals surface area contributed by atoms with Crippen molar-refractivity contribution in [3.63, 3.8) is 0 Å². The first-order chi connectivity index (χ1) is 10.3. The van der Waals surface area contributed by atoms with Crippen LogP contribution in [0.25, 0.3) is 0 Å². The Labute approximate surface area is 129 Å². The van der Waals surface area contributed by atoms with Gasteiger partial charge in [0.15, 0.2) is 0 Å². The van der Waals surface area contributed by atoms with E-state index in [4.69, 9.17) is 0 Å². The molecule has 2 aliphatic rings. The van der Waals surface area contributed by atoms with E-state index in [1.165, 1.54) is 44.2 Å². The Bertz CT molecular complexity index is 422. The maximum Gasteiger partial charge on any atom is 0.0476 e. The van der Waals surface area contributed by atoms with Crippen LogP contribution in [0.2, 0.25) is 0 Å². The highest BCUT2D eigenvalue weighted by Crippen LogP contribution is 2.32. The molecule has 1 aliphatic heterocycles. The van der Waals surface area contributed by atoms with Crippen molar-refractivity contribution in [3.8, 4) is 0 Å². The van der Waals surface area contributed by atoms with Gasteiger partial charge in [0.1, 0.15) is 0 Å². The van der Waals surface area contributed by atoms with Gasteiger partial charge < -0.3 is 5.32 Å². The smallest absolute Gasteiger partial charge is 0.0476 e. The molecule has 0 spiro atoms. The SMILES string of the molecule is CC(C)C1CN(C2CCCCC2)C(c2ccccc2)CN1. The predicted octanol–water partition coefficient (Wildman–Crippen LogP) is 3.99. The summed E-state index contributed by atoms with van der Waals surface area (Å²) in [6.07, 6.45) is 7.07. The van der Waals surface area contributed by atoms with Crippen molar-refractivity contribution in [2.75, 3.05) is 13.1 Å². The number of rotatable bonds is 3. The number of nitrogens with one attached hydrogen (secondary N) is 1. The van der Waals surface area contributed by atoms with Crippen LogP contribution in [0.4, 0.5) is 0 Å². The van der Waals surface area contributed by atoms with Crippen LogP contribution in [0.15, 0.2) is 30.3 Å². The summed E-state index contributed by atoms with van der Waals surface area (Å²) in [6, 6.07) is 13.1. The van der Waals surface area contributed by atoms with Gasteiger partial charge in [-0.25, -0.2) is 0 Å². The average molecular weight is 286 g/mol. The monoisotopic (exact) mass is 286 g/mol. The quantitative estimate of drug-likeness (QED) is 0.904. The first-order valence-corrected chi connectivity index (χ1v) is 8.80. The van der Waals surface area contributed by atoms with Gasteiger partial charge in [-0.05, 0) is 24.3 Å². The van der Waals surface area contributed by atoms with Gasteiger partial charge >= 0.3 is 0 Å². The van der Waals surface area contributed by atoms with Gasteiger partial charge in [-0.3, -0.25) is 4.90 Å². The molecule has 1 heterocycles.